The van der Waals surface area contributed by atoms with Crippen molar-refractivity contribution >= 4 is 17.2 Å². The summed E-state index contributed by atoms with van der Waals surface area (Å²) in [4.78, 5) is 9.57. The molecule has 2 unspecified atom stereocenters. The summed E-state index contributed by atoms with van der Waals surface area (Å²) < 4.78 is 0. The van der Waals surface area contributed by atoms with Crippen LogP contribution in [0.25, 0.3) is 0 Å². The zero-order chi connectivity index (χ0) is 19.6. The number of benzene rings is 1. The number of anilines is 3. The Morgan fingerprint density at radius 1 is 1.07 bits per heavy atom. The number of nitrogens with zero attached hydrogens (tertiary/aromatic N) is 4. The molecule has 1 aliphatic carbocycles. The Kier molecular flexibility index (Phi) is 4.96. The molecule has 5 heteroatoms. The molecule has 0 radical (unpaired) electrons. The van der Waals surface area contributed by atoms with E-state index in [1.54, 1.807) is 0 Å². The van der Waals surface area contributed by atoms with E-state index in [0.717, 1.165) is 43.0 Å². The minimum absolute atomic E-state index is 0.734. The van der Waals surface area contributed by atoms with Crippen LogP contribution in [0.1, 0.15) is 37.1 Å². The normalized spacial score (nSPS) is 21.4. The lowest BCUT2D eigenvalue weighted by molar-refractivity contribution is 0.266. The maximum absolute atomic E-state index is 4.71. The van der Waals surface area contributed by atoms with E-state index in [9.17, 15) is 0 Å². The van der Waals surface area contributed by atoms with Crippen LogP contribution in [-0.4, -0.2) is 28.4 Å². The standard InChI is InChI=1S/C24H29N5/c1-18-13-21(27-26-18)15-19-7-5-8-20(14-19)16-28-17-29(22-9-3-2-4-10-22)24-23(28)11-6-12-25-24/h2-4,6,9-13,19-20H,5,7-8,14-17H2,1H3,(H,26,27). The fraction of sp³-hybridized carbons (Fsp3) is 0.417. The van der Waals surface area contributed by atoms with Gasteiger partial charge in [-0.05, 0) is 68.4 Å². The smallest absolute Gasteiger partial charge is 0.158 e. The van der Waals surface area contributed by atoms with Gasteiger partial charge in [-0.25, -0.2) is 4.98 Å². The zero-order valence-corrected chi connectivity index (χ0v) is 17.1. The van der Waals surface area contributed by atoms with Gasteiger partial charge in [-0.1, -0.05) is 31.0 Å². The van der Waals surface area contributed by atoms with Gasteiger partial charge in [-0.15, -0.1) is 0 Å². The fourth-order valence-corrected chi connectivity index (χ4v) is 5.07. The number of hydrogen-bond donors (Lipinski definition) is 1. The molecule has 3 heterocycles. The average molecular weight is 388 g/mol. The molecule has 29 heavy (non-hydrogen) atoms. The third-order valence-electron chi connectivity index (χ3n) is 6.37. The summed E-state index contributed by atoms with van der Waals surface area (Å²) in [7, 11) is 0. The number of nitrogens with one attached hydrogen (secondary N) is 1. The van der Waals surface area contributed by atoms with Crippen molar-refractivity contribution in [3.05, 3.63) is 66.1 Å². The van der Waals surface area contributed by atoms with E-state index in [1.807, 2.05) is 6.20 Å². The van der Waals surface area contributed by atoms with Gasteiger partial charge in [0.1, 0.15) is 0 Å². The van der Waals surface area contributed by atoms with E-state index in [2.05, 4.69) is 75.5 Å². The highest BCUT2D eigenvalue weighted by molar-refractivity contribution is 5.78. The molecule has 5 rings (SSSR count). The number of aromatic nitrogens is 3. The van der Waals surface area contributed by atoms with E-state index < -0.39 is 0 Å². The Balaban J connectivity index is 1.29. The van der Waals surface area contributed by atoms with Gasteiger partial charge in [0.05, 0.1) is 18.1 Å². The van der Waals surface area contributed by atoms with Crippen molar-refractivity contribution in [2.75, 3.05) is 23.0 Å². The first-order chi connectivity index (χ1) is 14.3. The van der Waals surface area contributed by atoms with E-state index in [0.29, 0.717) is 0 Å². The number of H-pyrrole nitrogens is 1. The van der Waals surface area contributed by atoms with Crippen molar-refractivity contribution in [2.45, 2.75) is 39.0 Å². The summed E-state index contributed by atoms with van der Waals surface area (Å²) >= 11 is 0. The van der Waals surface area contributed by atoms with Crippen molar-refractivity contribution in [1.29, 1.82) is 0 Å². The van der Waals surface area contributed by atoms with Crippen LogP contribution in [0.2, 0.25) is 0 Å². The number of aryl methyl sites for hydroxylation is 1. The number of rotatable bonds is 5. The second-order valence-electron chi connectivity index (χ2n) is 8.62. The molecule has 2 aromatic heterocycles. The Morgan fingerprint density at radius 2 is 1.93 bits per heavy atom. The lowest BCUT2D eigenvalue weighted by atomic mass is 9.79. The van der Waals surface area contributed by atoms with E-state index >= 15 is 0 Å². The first-order valence-corrected chi connectivity index (χ1v) is 10.8. The van der Waals surface area contributed by atoms with E-state index in [-0.39, 0.29) is 0 Å². The molecule has 1 aromatic carbocycles. The molecule has 1 aliphatic heterocycles. The Bertz CT molecular complexity index is 951. The maximum Gasteiger partial charge on any atom is 0.158 e. The van der Waals surface area contributed by atoms with Crippen LogP contribution < -0.4 is 9.80 Å². The first kappa shape index (κ1) is 18.2. The predicted octanol–water partition coefficient (Wildman–Crippen LogP) is 5.08. The van der Waals surface area contributed by atoms with Crippen LogP contribution >= 0.6 is 0 Å². The highest BCUT2D eigenvalue weighted by Gasteiger charge is 2.31. The molecule has 150 valence electrons. The van der Waals surface area contributed by atoms with Crippen LogP contribution in [0.3, 0.4) is 0 Å². The van der Waals surface area contributed by atoms with Gasteiger partial charge in [0.25, 0.3) is 0 Å². The molecule has 5 nitrogen and oxygen atoms in total. The van der Waals surface area contributed by atoms with Gasteiger partial charge in [-0.2, -0.15) is 5.10 Å². The highest BCUT2D eigenvalue weighted by Crippen LogP contribution is 2.40. The number of para-hydroxylation sites is 1. The minimum Gasteiger partial charge on any atom is -0.350 e. The molecule has 0 spiro atoms. The minimum atomic E-state index is 0.734. The molecule has 3 aromatic rings. The maximum atomic E-state index is 4.71. The second-order valence-corrected chi connectivity index (χ2v) is 8.62. The number of aromatic amines is 1. The Hall–Kier alpha value is -2.82. The molecule has 1 saturated carbocycles. The van der Waals surface area contributed by atoms with Crippen molar-refractivity contribution in [1.82, 2.24) is 15.2 Å². The van der Waals surface area contributed by atoms with Crippen LogP contribution in [0.4, 0.5) is 17.2 Å². The Morgan fingerprint density at radius 3 is 2.76 bits per heavy atom. The SMILES string of the molecule is Cc1cc(CC2CCCC(CN3CN(c4ccccc4)c4ncccc43)C2)n[nH]1. The number of fused-ring (bicyclic) bond motifs is 1. The van der Waals surface area contributed by atoms with Gasteiger partial charge in [0, 0.05) is 24.1 Å². The molecule has 0 bridgehead atoms. The molecule has 1 fully saturated rings. The summed E-state index contributed by atoms with van der Waals surface area (Å²) in [5.41, 5.74) is 4.86. The van der Waals surface area contributed by atoms with Crippen LogP contribution in [0.5, 0.6) is 0 Å². The summed E-state index contributed by atoms with van der Waals surface area (Å²) in [6.45, 7) is 4.08. The molecule has 2 aliphatic rings. The van der Waals surface area contributed by atoms with Crippen LogP contribution in [0.15, 0.2) is 54.7 Å². The van der Waals surface area contributed by atoms with Gasteiger partial charge in [-0.3, -0.25) is 5.10 Å². The summed E-state index contributed by atoms with van der Waals surface area (Å²) in [6, 6.07) is 17.1. The predicted molar refractivity (Wildman–Crippen MR) is 118 cm³/mol. The van der Waals surface area contributed by atoms with Crippen molar-refractivity contribution < 1.29 is 0 Å². The first-order valence-electron chi connectivity index (χ1n) is 10.8. The van der Waals surface area contributed by atoms with Crippen molar-refractivity contribution in [3.63, 3.8) is 0 Å². The second kappa shape index (κ2) is 7.90. The molecule has 1 N–H and O–H groups in total. The third kappa shape index (κ3) is 3.86. The van der Waals surface area contributed by atoms with Crippen LogP contribution in [-0.2, 0) is 6.42 Å². The molecule has 0 amide bonds. The van der Waals surface area contributed by atoms with Gasteiger partial charge in [0.15, 0.2) is 5.82 Å². The van der Waals surface area contributed by atoms with Gasteiger partial charge >= 0.3 is 0 Å². The lowest BCUT2D eigenvalue weighted by Gasteiger charge is -2.32. The van der Waals surface area contributed by atoms with Gasteiger partial charge in [0.2, 0.25) is 0 Å². The number of hydrogen-bond acceptors (Lipinski definition) is 4. The summed E-state index contributed by atoms with van der Waals surface area (Å²) in [6.07, 6.45) is 8.29. The highest BCUT2D eigenvalue weighted by atomic mass is 15.4. The molecule has 2 atom stereocenters. The fourth-order valence-electron chi connectivity index (χ4n) is 5.07. The third-order valence-corrected chi connectivity index (χ3v) is 6.37. The quantitative estimate of drug-likeness (QED) is 0.663. The Labute approximate surface area is 172 Å². The zero-order valence-electron chi connectivity index (χ0n) is 17.1. The monoisotopic (exact) mass is 387 g/mol. The number of pyridine rings is 1. The topological polar surface area (TPSA) is 48.1 Å². The molecular weight excluding hydrogens is 358 g/mol. The summed E-state index contributed by atoms with van der Waals surface area (Å²) in [5, 5.41) is 7.55. The largest absolute Gasteiger partial charge is 0.350 e. The summed E-state index contributed by atoms with van der Waals surface area (Å²) in [5.74, 6) is 2.56. The molecule has 0 saturated heterocycles. The van der Waals surface area contributed by atoms with Crippen molar-refractivity contribution in [2.24, 2.45) is 11.8 Å². The molecular formula is C24H29N5. The van der Waals surface area contributed by atoms with E-state index in [4.69, 9.17) is 4.98 Å². The van der Waals surface area contributed by atoms with Crippen LogP contribution in [0, 0.1) is 18.8 Å². The lowest BCUT2D eigenvalue weighted by Crippen LogP contribution is -2.34. The van der Waals surface area contributed by atoms with Gasteiger partial charge < -0.3 is 9.80 Å². The average Bonchev–Trinajstić information content (AvgIpc) is 3.33. The van der Waals surface area contributed by atoms with Crippen molar-refractivity contribution in [3.8, 4) is 0 Å². The van der Waals surface area contributed by atoms with E-state index in [1.165, 1.54) is 42.8 Å².